The van der Waals surface area contributed by atoms with E-state index in [2.05, 4.69) is 15.5 Å². The van der Waals surface area contributed by atoms with Crippen LogP contribution < -0.4 is 11.1 Å². The van der Waals surface area contributed by atoms with Crippen LogP contribution in [-0.4, -0.2) is 22.8 Å². The van der Waals surface area contributed by atoms with Gasteiger partial charge in [-0.2, -0.15) is 0 Å². The molecule has 0 aliphatic carbocycles. The highest BCUT2D eigenvalue weighted by Gasteiger charge is 2.05. The summed E-state index contributed by atoms with van der Waals surface area (Å²) in [4.78, 5) is 0. The van der Waals surface area contributed by atoms with Gasteiger partial charge in [0.1, 0.15) is 0 Å². The largest absolute Gasteiger partial charge is 0.381 e. The second-order valence-electron chi connectivity index (χ2n) is 2.92. The van der Waals surface area contributed by atoms with E-state index in [4.69, 9.17) is 28.9 Å². The summed E-state index contributed by atoms with van der Waals surface area (Å²) in [6.45, 7) is 2.66. The molecule has 78 valence electrons. The lowest BCUT2D eigenvalue weighted by atomic mass is 10.2. The molecule has 0 bridgehead atoms. The van der Waals surface area contributed by atoms with Crippen LogP contribution in [-0.2, 0) is 0 Å². The fourth-order valence-electron chi connectivity index (χ4n) is 0.862. The molecule has 1 rings (SSSR count). The van der Waals surface area contributed by atoms with E-state index in [9.17, 15) is 0 Å². The highest BCUT2D eigenvalue weighted by atomic mass is 35.5. The first-order chi connectivity index (χ1) is 6.63. The third-order valence-electron chi connectivity index (χ3n) is 1.80. The second-order valence-corrected chi connectivity index (χ2v) is 3.67. The smallest absolute Gasteiger partial charge is 0.174 e. The molecule has 14 heavy (non-hydrogen) atoms. The highest BCUT2D eigenvalue weighted by Crippen LogP contribution is 2.20. The van der Waals surface area contributed by atoms with Crippen LogP contribution in [0.3, 0.4) is 0 Å². The number of nitrogens with zero attached hydrogens (tertiary/aromatic N) is 2. The van der Waals surface area contributed by atoms with Crippen molar-refractivity contribution in [2.45, 2.75) is 19.4 Å². The normalized spacial score (nSPS) is 12.6. The number of hydrogen-bond acceptors (Lipinski definition) is 4. The van der Waals surface area contributed by atoms with Crippen LogP contribution in [0.5, 0.6) is 0 Å². The standard InChI is InChI=1S/C8H12Cl2N4/c1-2-5(11)4-12-6-3-7(9)13-14-8(6)10/h3,5H,2,4,11H2,1H3,(H,12,13). The number of nitrogens with two attached hydrogens (primary N) is 1. The molecular weight excluding hydrogens is 223 g/mol. The Morgan fingerprint density at radius 2 is 2.21 bits per heavy atom. The zero-order valence-corrected chi connectivity index (χ0v) is 9.31. The van der Waals surface area contributed by atoms with Gasteiger partial charge < -0.3 is 11.1 Å². The molecule has 1 aromatic rings. The molecule has 0 aliphatic heterocycles. The minimum Gasteiger partial charge on any atom is -0.381 e. The predicted molar refractivity (Wildman–Crippen MR) is 58.8 cm³/mol. The lowest BCUT2D eigenvalue weighted by Crippen LogP contribution is -2.28. The Kier molecular flexibility index (Phi) is 4.38. The molecule has 3 N–H and O–H groups in total. The lowest BCUT2D eigenvalue weighted by molar-refractivity contribution is 0.679. The highest BCUT2D eigenvalue weighted by molar-refractivity contribution is 6.33. The van der Waals surface area contributed by atoms with Gasteiger partial charge in [-0.25, -0.2) is 0 Å². The van der Waals surface area contributed by atoms with E-state index in [0.717, 1.165) is 6.42 Å². The van der Waals surface area contributed by atoms with Gasteiger partial charge in [0.15, 0.2) is 10.3 Å². The van der Waals surface area contributed by atoms with Gasteiger partial charge in [0, 0.05) is 18.7 Å². The summed E-state index contributed by atoms with van der Waals surface area (Å²) in [5.74, 6) is 0. The van der Waals surface area contributed by atoms with Crippen LogP contribution >= 0.6 is 23.2 Å². The summed E-state index contributed by atoms with van der Waals surface area (Å²) >= 11 is 11.4. The van der Waals surface area contributed by atoms with Gasteiger partial charge in [-0.05, 0) is 6.42 Å². The number of aromatic nitrogens is 2. The summed E-state index contributed by atoms with van der Waals surface area (Å²) < 4.78 is 0. The molecule has 6 heteroatoms. The predicted octanol–water partition coefficient (Wildman–Crippen LogP) is 1.93. The summed E-state index contributed by atoms with van der Waals surface area (Å²) in [5.41, 5.74) is 6.40. The van der Waals surface area contributed by atoms with E-state index in [1.807, 2.05) is 6.92 Å². The zero-order valence-electron chi connectivity index (χ0n) is 7.80. The maximum Gasteiger partial charge on any atom is 0.174 e. The van der Waals surface area contributed by atoms with Crippen LogP contribution in [0.1, 0.15) is 13.3 Å². The molecule has 0 fully saturated rings. The molecule has 1 heterocycles. The maximum absolute atomic E-state index is 5.79. The van der Waals surface area contributed by atoms with Gasteiger partial charge >= 0.3 is 0 Å². The molecule has 0 saturated carbocycles. The first-order valence-electron chi connectivity index (χ1n) is 4.31. The number of anilines is 1. The van der Waals surface area contributed by atoms with Crippen molar-refractivity contribution in [2.75, 3.05) is 11.9 Å². The van der Waals surface area contributed by atoms with Crippen molar-refractivity contribution in [3.63, 3.8) is 0 Å². The topological polar surface area (TPSA) is 63.8 Å². The molecule has 1 unspecified atom stereocenters. The van der Waals surface area contributed by atoms with Crippen LogP contribution in [0.25, 0.3) is 0 Å². The van der Waals surface area contributed by atoms with Gasteiger partial charge in [-0.1, -0.05) is 30.1 Å². The fourth-order valence-corrected chi connectivity index (χ4v) is 1.17. The average molecular weight is 235 g/mol. The zero-order chi connectivity index (χ0) is 10.6. The van der Waals surface area contributed by atoms with E-state index < -0.39 is 0 Å². The Morgan fingerprint density at radius 3 is 2.86 bits per heavy atom. The summed E-state index contributed by atoms with van der Waals surface area (Å²) in [6, 6.07) is 1.72. The molecule has 1 aromatic heterocycles. The van der Waals surface area contributed by atoms with Gasteiger partial charge in [-0.3, -0.25) is 0 Å². The van der Waals surface area contributed by atoms with Crippen molar-refractivity contribution in [3.05, 3.63) is 16.4 Å². The van der Waals surface area contributed by atoms with E-state index >= 15 is 0 Å². The maximum atomic E-state index is 5.79. The van der Waals surface area contributed by atoms with Gasteiger partial charge in [0.2, 0.25) is 0 Å². The number of rotatable bonds is 4. The Hall–Kier alpha value is -0.580. The molecule has 0 radical (unpaired) electrons. The van der Waals surface area contributed by atoms with Crippen molar-refractivity contribution >= 4 is 28.9 Å². The molecule has 0 spiro atoms. The molecule has 0 aromatic carbocycles. The first kappa shape index (κ1) is 11.5. The Balaban J connectivity index is 2.62. The third-order valence-corrected chi connectivity index (χ3v) is 2.26. The van der Waals surface area contributed by atoms with Gasteiger partial charge in [0.05, 0.1) is 5.69 Å². The fraction of sp³-hybridized carbons (Fsp3) is 0.500. The van der Waals surface area contributed by atoms with Crippen molar-refractivity contribution in [2.24, 2.45) is 5.73 Å². The minimum atomic E-state index is 0.0954. The summed E-state index contributed by atoms with van der Waals surface area (Å²) in [7, 11) is 0. The van der Waals surface area contributed by atoms with Crippen LogP contribution in [0.4, 0.5) is 5.69 Å². The van der Waals surface area contributed by atoms with Crippen molar-refractivity contribution < 1.29 is 0 Å². The summed E-state index contributed by atoms with van der Waals surface area (Å²) in [5, 5.41) is 10.9. The van der Waals surface area contributed by atoms with E-state index in [1.165, 1.54) is 0 Å². The van der Waals surface area contributed by atoms with Gasteiger partial charge in [0.25, 0.3) is 0 Å². The summed E-state index contributed by atoms with van der Waals surface area (Å²) in [6.07, 6.45) is 0.900. The Morgan fingerprint density at radius 1 is 1.50 bits per heavy atom. The number of hydrogen-bond donors (Lipinski definition) is 2. The van der Waals surface area contributed by atoms with Crippen LogP contribution in [0.15, 0.2) is 6.07 Å². The van der Waals surface area contributed by atoms with Crippen LogP contribution in [0.2, 0.25) is 10.3 Å². The molecule has 0 amide bonds. The van der Waals surface area contributed by atoms with E-state index in [1.54, 1.807) is 6.07 Å². The third kappa shape index (κ3) is 3.29. The SMILES string of the molecule is CCC(N)CNc1cc(Cl)nnc1Cl. The van der Waals surface area contributed by atoms with E-state index in [-0.39, 0.29) is 6.04 Å². The molecule has 4 nitrogen and oxygen atoms in total. The molecule has 1 atom stereocenters. The van der Waals surface area contributed by atoms with Gasteiger partial charge in [-0.15, -0.1) is 10.2 Å². The number of nitrogens with one attached hydrogen (secondary N) is 1. The second kappa shape index (κ2) is 5.34. The van der Waals surface area contributed by atoms with Crippen molar-refractivity contribution in [3.8, 4) is 0 Å². The average Bonchev–Trinajstić information content (AvgIpc) is 2.19. The monoisotopic (exact) mass is 234 g/mol. The number of halogens is 2. The van der Waals surface area contributed by atoms with Crippen molar-refractivity contribution in [1.29, 1.82) is 0 Å². The molecular formula is C8H12Cl2N4. The van der Waals surface area contributed by atoms with E-state index in [0.29, 0.717) is 22.5 Å². The first-order valence-corrected chi connectivity index (χ1v) is 5.07. The Bertz CT molecular complexity index is 305. The quantitative estimate of drug-likeness (QED) is 0.836. The van der Waals surface area contributed by atoms with Crippen LogP contribution in [0, 0.1) is 0 Å². The minimum absolute atomic E-state index is 0.0954. The van der Waals surface area contributed by atoms with Crippen molar-refractivity contribution in [1.82, 2.24) is 10.2 Å². The Labute approximate surface area is 92.8 Å². The lowest BCUT2D eigenvalue weighted by Gasteiger charge is -2.11. The molecule has 0 aliphatic rings. The molecule has 0 saturated heterocycles.